The van der Waals surface area contributed by atoms with Crippen LogP contribution in [-0.4, -0.2) is 24.6 Å². The van der Waals surface area contributed by atoms with E-state index >= 15 is 0 Å². The standard InChI is InChI=1S/C28H52O4/c1-4-7-9-10-11-12-13-14-15-18-23-31-27(29)25-21-16-17-22-26(25)28(30)32-24(19-6-3)20-8-5-2/h24-26H,4-23H2,1-3H3. The molecule has 3 unspecified atom stereocenters. The molecule has 0 spiro atoms. The van der Waals surface area contributed by atoms with Crippen LogP contribution in [-0.2, 0) is 19.1 Å². The number of unbranched alkanes of at least 4 members (excludes halogenated alkanes) is 10. The number of carbonyl (C=O) groups excluding carboxylic acids is 2. The molecule has 0 aromatic heterocycles. The molecule has 1 aliphatic carbocycles. The molecule has 1 saturated carbocycles. The van der Waals surface area contributed by atoms with Crippen molar-refractivity contribution in [2.24, 2.45) is 11.8 Å². The van der Waals surface area contributed by atoms with Crippen LogP contribution in [0.25, 0.3) is 0 Å². The van der Waals surface area contributed by atoms with Crippen LogP contribution < -0.4 is 0 Å². The van der Waals surface area contributed by atoms with Crippen molar-refractivity contribution in [2.75, 3.05) is 6.61 Å². The molecular weight excluding hydrogens is 400 g/mol. The van der Waals surface area contributed by atoms with Crippen molar-refractivity contribution in [2.45, 2.75) is 149 Å². The van der Waals surface area contributed by atoms with Crippen LogP contribution in [0.5, 0.6) is 0 Å². The third-order valence-electron chi connectivity index (χ3n) is 6.89. The van der Waals surface area contributed by atoms with Crippen molar-refractivity contribution in [3.8, 4) is 0 Å². The molecule has 0 bridgehead atoms. The van der Waals surface area contributed by atoms with Crippen molar-refractivity contribution in [3.05, 3.63) is 0 Å². The molecule has 1 rings (SSSR count). The van der Waals surface area contributed by atoms with E-state index in [-0.39, 0.29) is 29.9 Å². The normalized spacial score (nSPS) is 19.5. The van der Waals surface area contributed by atoms with Gasteiger partial charge in [0.25, 0.3) is 0 Å². The van der Waals surface area contributed by atoms with E-state index in [2.05, 4.69) is 20.8 Å². The van der Waals surface area contributed by atoms with E-state index in [4.69, 9.17) is 9.47 Å². The molecule has 0 N–H and O–H groups in total. The fourth-order valence-corrected chi connectivity index (χ4v) is 4.83. The Morgan fingerprint density at radius 1 is 0.656 bits per heavy atom. The molecule has 0 heterocycles. The van der Waals surface area contributed by atoms with Gasteiger partial charge in [-0.3, -0.25) is 9.59 Å². The zero-order valence-corrected chi connectivity index (χ0v) is 21.5. The van der Waals surface area contributed by atoms with Gasteiger partial charge in [0, 0.05) is 0 Å². The Morgan fingerprint density at radius 3 is 1.75 bits per heavy atom. The van der Waals surface area contributed by atoms with Crippen LogP contribution in [0.2, 0.25) is 0 Å². The number of hydrogen-bond donors (Lipinski definition) is 0. The van der Waals surface area contributed by atoms with Crippen molar-refractivity contribution in [3.63, 3.8) is 0 Å². The van der Waals surface area contributed by atoms with Gasteiger partial charge in [0.1, 0.15) is 6.10 Å². The fraction of sp³-hybridized carbons (Fsp3) is 0.929. The minimum Gasteiger partial charge on any atom is -0.465 e. The second-order valence-electron chi connectivity index (χ2n) is 9.84. The summed E-state index contributed by atoms with van der Waals surface area (Å²) in [5.74, 6) is -0.971. The fourth-order valence-electron chi connectivity index (χ4n) is 4.83. The molecule has 32 heavy (non-hydrogen) atoms. The SMILES string of the molecule is CCCCCCCCCCCCOC(=O)C1CCCCC1C(=O)OC(CCC)CCCC. The largest absolute Gasteiger partial charge is 0.465 e. The lowest BCUT2D eigenvalue weighted by Gasteiger charge is -2.30. The monoisotopic (exact) mass is 452 g/mol. The van der Waals surface area contributed by atoms with Crippen molar-refractivity contribution >= 4 is 11.9 Å². The molecule has 0 aromatic carbocycles. The van der Waals surface area contributed by atoms with E-state index in [9.17, 15) is 9.59 Å². The van der Waals surface area contributed by atoms with Crippen molar-refractivity contribution in [1.82, 2.24) is 0 Å². The highest BCUT2D eigenvalue weighted by Crippen LogP contribution is 2.33. The number of esters is 2. The highest BCUT2D eigenvalue weighted by atomic mass is 16.5. The Balaban J connectivity index is 2.28. The number of ether oxygens (including phenoxy) is 2. The number of rotatable bonds is 19. The van der Waals surface area contributed by atoms with Crippen molar-refractivity contribution < 1.29 is 19.1 Å². The Morgan fingerprint density at radius 2 is 1.19 bits per heavy atom. The first-order chi connectivity index (χ1) is 15.6. The van der Waals surface area contributed by atoms with E-state index in [1.165, 1.54) is 51.4 Å². The molecule has 1 aliphatic rings. The summed E-state index contributed by atoms with van der Waals surface area (Å²) in [4.78, 5) is 25.6. The molecule has 4 heteroatoms. The van der Waals surface area contributed by atoms with Gasteiger partial charge in [0.2, 0.25) is 0 Å². The summed E-state index contributed by atoms with van der Waals surface area (Å²) in [6.07, 6.45) is 21.2. The van der Waals surface area contributed by atoms with Crippen LogP contribution in [0.4, 0.5) is 0 Å². The average molecular weight is 453 g/mol. The average Bonchev–Trinajstić information content (AvgIpc) is 2.81. The predicted octanol–water partition coefficient (Wildman–Crippen LogP) is 8.16. The summed E-state index contributed by atoms with van der Waals surface area (Å²) in [6, 6.07) is 0. The molecular formula is C28H52O4. The van der Waals surface area contributed by atoms with Crippen LogP contribution in [0.3, 0.4) is 0 Å². The number of hydrogen-bond acceptors (Lipinski definition) is 4. The zero-order chi connectivity index (χ0) is 23.4. The lowest BCUT2D eigenvalue weighted by Crippen LogP contribution is -2.36. The maximum atomic E-state index is 12.9. The summed E-state index contributed by atoms with van der Waals surface area (Å²) in [7, 11) is 0. The summed E-state index contributed by atoms with van der Waals surface area (Å²) >= 11 is 0. The van der Waals surface area contributed by atoms with E-state index < -0.39 is 0 Å². The van der Waals surface area contributed by atoms with E-state index in [0.29, 0.717) is 6.61 Å². The first-order valence-electron chi connectivity index (χ1n) is 14.0. The first-order valence-corrected chi connectivity index (χ1v) is 14.0. The zero-order valence-electron chi connectivity index (χ0n) is 21.5. The molecule has 0 radical (unpaired) electrons. The molecule has 3 atom stereocenters. The quantitative estimate of drug-likeness (QED) is 0.146. The predicted molar refractivity (Wildman–Crippen MR) is 133 cm³/mol. The lowest BCUT2D eigenvalue weighted by molar-refractivity contribution is -0.166. The topological polar surface area (TPSA) is 52.6 Å². The van der Waals surface area contributed by atoms with Gasteiger partial charge in [-0.2, -0.15) is 0 Å². The van der Waals surface area contributed by atoms with Crippen LogP contribution >= 0.6 is 0 Å². The Kier molecular flexibility index (Phi) is 17.6. The third-order valence-corrected chi connectivity index (χ3v) is 6.89. The third kappa shape index (κ3) is 12.8. The molecule has 188 valence electrons. The Labute approximate surface area is 198 Å². The first kappa shape index (κ1) is 29.0. The van der Waals surface area contributed by atoms with Gasteiger partial charge in [-0.15, -0.1) is 0 Å². The maximum absolute atomic E-state index is 12.9. The van der Waals surface area contributed by atoms with Gasteiger partial charge in [0.15, 0.2) is 0 Å². The van der Waals surface area contributed by atoms with E-state index in [1.54, 1.807) is 0 Å². The van der Waals surface area contributed by atoms with Gasteiger partial charge < -0.3 is 9.47 Å². The molecule has 4 nitrogen and oxygen atoms in total. The van der Waals surface area contributed by atoms with E-state index in [1.807, 2.05) is 0 Å². The minimum atomic E-state index is -0.315. The Hall–Kier alpha value is -1.06. The highest BCUT2D eigenvalue weighted by Gasteiger charge is 2.38. The minimum absolute atomic E-state index is 0.00214. The molecule has 0 saturated heterocycles. The summed E-state index contributed by atoms with van der Waals surface area (Å²) in [6.45, 7) is 7.03. The molecule has 0 aliphatic heterocycles. The second-order valence-corrected chi connectivity index (χ2v) is 9.84. The smallest absolute Gasteiger partial charge is 0.310 e. The van der Waals surface area contributed by atoms with Crippen LogP contribution in [0, 0.1) is 11.8 Å². The van der Waals surface area contributed by atoms with E-state index in [0.717, 1.165) is 70.6 Å². The summed E-state index contributed by atoms with van der Waals surface area (Å²) < 4.78 is 11.5. The molecule has 0 amide bonds. The second kappa shape index (κ2) is 19.4. The highest BCUT2D eigenvalue weighted by molar-refractivity contribution is 5.82. The Bertz CT molecular complexity index is 476. The number of carbonyl (C=O) groups is 2. The summed E-state index contributed by atoms with van der Waals surface area (Å²) in [5, 5.41) is 0. The summed E-state index contributed by atoms with van der Waals surface area (Å²) in [5.41, 5.74) is 0. The van der Waals surface area contributed by atoms with Crippen LogP contribution in [0.15, 0.2) is 0 Å². The molecule has 0 aromatic rings. The molecule has 1 fully saturated rings. The maximum Gasteiger partial charge on any atom is 0.310 e. The van der Waals surface area contributed by atoms with Gasteiger partial charge >= 0.3 is 11.9 Å². The van der Waals surface area contributed by atoms with Crippen molar-refractivity contribution in [1.29, 1.82) is 0 Å². The van der Waals surface area contributed by atoms with Gasteiger partial charge in [-0.25, -0.2) is 0 Å². The van der Waals surface area contributed by atoms with Crippen LogP contribution in [0.1, 0.15) is 143 Å². The van der Waals surface area contributed by atoms with Gasteiger partial charge in [0.05, 0.1) is 18.4 Å². The lowest BCUT2D eigenvalue weighted by atomic mass is 9.79. The van der Waals surface area contributed by atoms with Gasteiger partial charge in [-0.1, -0.05) is 111 Å². The van der Waals surface area contributed by atoms with Gasteiger partial charge in [-0.05, 0) is 32.1 Å².